The number of benzene rings is 2. The molecule has 2 rings (SSSR count). The summed E-state index contributed by atoms with van der Waals surface area (Å²) in [5.74, 6) is 1.42. The van der Waals surface area contributed by atoms with Crippen molar-refractivity contribution in [1.82, 2.24) is 5.32 Å². The maximum absolute atomic E-state index is 12.1. The molecule has 0 unspecified atom stereocenters. The Kier molecular flexibility index (Phi) is 7.00. The Labute approximate surface area is 163 Å². The molecule has 0 aliphatic rings. The Morgan fingerprint density at radius 1 is 1.00 bits per heavy atom. The first-order chi connectivity index (χ1) is 12.3. The normalized spacial score (nSPS) is 10.4. The summed E-state index contributed by atoms with van der Waals surface area (Å²) in [6, 6.07) is 6.98. The number of rotatable bonds is 7. The molecule has 0 heterocycles. The van der Waals surface area contributed by atoms with Crippen LogP contribution < -0.4 is 19.5 Å². The lowest BCUT2D eigenvalue weighted by Crippen LogP contribution is -2.28. The third-order valence-electron chi connectivity index (χ3n) is 3.81. The predicted molar refractivity (Wildman–Crippen MR) is 103 cm³/mol. The topological polar surface area (TPSA) is 56.8 Å². The van der Waals surface area contributed by atoms with E-state index in [4.69, 9.17) is 37.4 Å². The van der Waals surface area contributed by atoms with Crippen molar-refractivity contribution < 1.29 is 19.0 Å². The first-order valence-corrected chi connectivity index (χ1v) is 8.68. The summed E-state index contributed by atoms with van der Waals surface area (Å²) in [5.41, 5.74) is 2.52. The van der Waals surface area contributed by atoms with Crippen LogP contribution in [0.4, 0.5) is 0 Å². The SMILES string of the molecule is COc1cc(Cl)c(CNC(=O)COc2cc(C)c(Cl)c(C)c2)cc1OC. The summed E-state index contributed by atoms with van der Waals surface area (Å²) in [7, 11) is 3.07. The number of halogens is 2. The first kappa shape index (κ1) is 20.2. The van der Waals surface area contributed by atoms with Gasteiger partial charge in [0.15, 0.2) is 18.1 Å². The Morgan fingerprint density at radius 2 is 1.58 bits per heavy atom. The summed E-state index contributed by atoms with van der Waals surface area (Å²) in [4.78, 5) is 12.1. The highest BCUT2D eigenvalue weighted by atomic mass is 35.5. The Bertz CT molecular complexity index is 785. The van der Waals surface area contributed by atoms with Crippen molar-refractivity contribution in [3.8, 4) is 17.2 Å². The molecule has 0 aromatic heterocycles. The Hall–Kier alpha value is -2.11. The van der Waals surface area contributed by atoms with Gasteiger partial charge in [-0.2, -0.15) is 0 Å². The van der Waals surface area contributed by atoms with Gasteiger partial charge >= 0.3 is 0 Å². The summed E-state index contributed by atoms with van der Waals surface area (Å²) < 4.78 is 16.0. The second-order valence-electron chi connectivity index (χ2n) is 5.74. The molecular formula is C19H21Cl2NO4. The summed E-state index contributed by atoms with van der Waals surface area (Å²) in [5, 5.41) is 3.95. The zero-order valence-corrected chi connectivity index (χ0v) is 16.6. The lowest BCUT2D eigenvalue weighted by Gasteiger charge is -2.13. The van der Waals surface area contributed by atoms with E-state index < -0.39 is 0 Å². The maximum Gasteiger partial charge on any atom is 0.258 e. The van der Waals surface area contributed by atoms with E-state index in [0.29, 0.717) is 27.3 Å². The van der Waals surface area contributed by atoms with Crippen LogP contribution >= 0.6 is 23.2 Å². The minimum absolute atomic E-state index is 0.106. The predicted octanol–water partition coefficient (Wildman–Crippen LogP) is 4.32. The fourth-order valence-corrected chi connectivity index (χ4v) is 2.74. The van der Waals surface area contributed by atoms with Gasteiger partial charge in [-0.3, -0.25) is 4.79 Å². The average molecular weight is 398 g/mol. The van der Waals surface area contributed by atoms with Crippen LogP contribution in [-0.2, 0) is 11.3 Å². The molecule has 5 nitrogen and oxygen atoms in total. The van der Waals surface area contributed by atoms with Crippen molar-refractivity contribution in [2.75, 3.05) is 20.8 Å². The fraction of sp³-hybridized carbons (Fsp3) is 0.316. The van der Waals surface area contributed by atoms with Crippen LogP contribution in [-0.4, -0.2) is 26.7 Å². The molecule has 140 valence electrons. The van der Waals surface area contributed by atoms with E-state index in [1.165, 1.54) is 14.2 Å². The molecule has 0 saturated carbocycles. The van der Waals surface area contributed by atoms with E-state index in [9.17, 15) is 4.79 Å². The number of aryl methyl sites for hydroxylation is 2. The van der Waals surface area contributed by atoms with Crippen molar-refractivity contribution in [2.24, 2.45) is 0 Å². The smallest absolute Gasteiger partial charge is 0.258 e. The van der Waals surface area contributed by atoms with Crippen molar-refractivity contribution in [3.05, 3.63) is 51.0 Å². The standard InChI is InChI=1S/C19H21Cl2NO4/c1-11-5-14(6-12(2)19(11)21)26-10-18(23)22-9-13-7-16(24-3)17(25-4)8-15(13)20/h5-8H,9-10H2,1-4H3,(H,22,23). The molecule has 1 N–H and O–H groups in total. The largest absolute Gasteiger partial charge is 0.493 e. The molecule has 1 amide bonds. The molecule has 0 radical (unpaired) electrons. The van der Waals surface area contributed by atoms with Crippen LogP contribution in [0.3, 0.4) is 0 Å². The van der Waals surface area contributed by atoms with E-state index in [-0.39, 0.29) is 19.1 Å². The van der Waals surface area contributed by atoms with Crippen LogP contribution in [0.25, 0.3) is 0 Å². The molecule has 26 heavy (non-hydrogen) atoms. The van der Waals surface area contributed by atoms with Crippen molar-refractivity contribution >= 4 is 29.1 Å². The summed E-state index contributed by atoms with van der Waals surface area (Å²) in [6.07, 6.45) is 0. The summed E-state index contributed by atoms with van der Waals surface area (Å²) in [6.45, 7) is 3.92. The van der Waals surface area contributed by atoms with Gasteiger partial charge in [0, 0.05) is 22.7 Å². The van der Waals surface area contributed by atoms with Gasteiger partial charge in [0.2, 0.25) is 0 Å². The van der Waals surface area contributed by atoms with E-state index in [2.05, 4.69) is 5.32 Å². The van der Waals surface area contributed by atoms with Gasteiger partial charge in [-0.05, 0) is 48.7 Å². The molecule has 0 aliphatic carbocycles. The first-order valence-electron chi connectivity index (χ1n) is 7.92. The quantitative estimate of drug-likeness (QED) is 0.755. The second-order valence-corrected chi connectivity index (χ2v) is 6.52. The average Bonchev–Trinajstić information content (AvgIpc) is 2.62. The van der Waals surface area contributed by atoms with Gasteiger partial charge in [-0.25, -0.2) is 0 Å². The molecule has 2 aromatic carbocycles. The number of methoxy groups -OCH3 is 2. The van der Waals surface area contributed by atoms with E-state index in [0.717, 1.165) is 16.7 Å². The van der Waals surface area contributed by atoms with Crippen LogP contribution in [0.5, 0.6) is 17.2 Å². The molecule has 0 bridgehead atoms. The van der Waals surface area contributed by atoms with Gasteiger partial charge < -0.3 is 19.5 Å². The van der Waals surface area contributed by atoms with Crippen LogP contribution in [0.15, 0.2) is 24.3 Å². The molecule has 0 fully saturated rings. The lowest BCUT2D eigenvalue weighted by molar-refractivity contribution is -0.123. The third-order valence-corrected chi connectivity index (χ3v) is 4.76. The van der Waals surface area contributed by atoms with Crippen LogP contribution in [0.2, 0.25) is 10.0 Å². The highest BCUT2D eigenvalue weighted by Gasteiger charge is 2.11. The van der Waals surface area contributed by atoms with Crippen molar-refractivity contribution in [2.45, 2.75) is 20.4 Å². The number of hydrogen-bond acceptors (Lipinski definition) is 4. The van der Waals surface area contributed by atoms with Gasteiger partial charge in [0.25, 0.3) is 5.91 Å². The minimum atomic E-state index is -0.263. The number of amides is 1. The molecule has 0 saturated heterocycles. The van der Waals surface area contributed by atoms with Crippen LogP contribution in [0, 0.1) is 13.8 Å². The van der Waals surface area contributed by atoms with Gasteiger partial charge in [-0.1, -0.05) is 23.2 Å². The maximum atomic E-state index is 12.1. The number of carbonyl (C=O) groups is 1. The Morgan fingerprint density at radius 3 is 2.15 bits per heavy atom. The molecule has 0 spiro atoms. The zero-order chi connectivity index (χ0) is 19.3. The summed E-state index contributed by atoms with van der Waals surface area (Å²) >= 11 is 12.3. The molecule has 7 heteroatoms. The number of nitrogens with one attached hydrogen (secondary N) is 1. The third kappa shape index (κ3) is 4.96. The monoisotopic (exact) mass is 397 g/mol. The number of ether oxygens (including phenoxy) is 3. The fourth-order valence-electron chi connectivity index (χ4n) is 2.41. The second kappa shape index (κ2) is 9.01. The molecule has 0 aliphatic heterocycles. The van der Waals surface area contributed by atoms with Crippen molar-refractivity contribution in [3.63, 3.8) is 0 Å². The van der Waals surface area contributed by atoms with E-state index >= 15 is 0 Å². The minimum Gasteiger partial charge on any atom is -0.493 e. The number of hydrogen-bond donors (Lipinski definition) is 1. The van der Waals surface area contributed by atoms with Gasteiger partial charge in [-0.15, -0.1) is 0 Å². The zero-order valence-electron chi connectivity index (χ0n) is 15.1. The molecular weight excluding hydrogens is 377 g/mol. The van der Waals surface area contributed by atoms with Crippen molar-refractivity contribution in [1.29, 1.82) is 0 Å². The van der Waals surface area contributed by atoms with E-state index in [1.807, 2.05) is 13.8 Å². The van der Waals surface area contributed by atoms with Gasteiger partial charge in [0.1, 0.15) is 5.75 Å². The van der Waals surface area contributed by atoms with Crippen LogP contribution in [0.1, 0.15) is 16.7 Å². The molecule has 0 atom stereocenters. The highest BCUT2D eigenvalue weighted by molar-refractivity contribution is 6.32. The van der Waals surface area contributed by atoms with E-state index in [1.54, 1.807) is 24.3 Å². The Balaban J connectivity index is 1.95. The lowest BCUT2D eigenvalue weighted by atomic mass is 10.1. The molecule has 2 aromatic rings. The highest BCUT2D eigenvalue weighted by Crippen LogP contribution is 2.33. The number of carbonyl (C=O) groups excluding carboxylic acids is 1. The van der Waals surface area contributed by atoms with Gasteiger partial charge in [0.05, 0.1) is 14.2 Å².